The summed E-state index contributed by atoms with van der Waals surface area (Å²) < 4.78 is 26.7. The van der Waals surface area contributed by atoms with E-state index < -0.39 is 20.6 Å². The molecule has 2 aromatic rings. The van der Waals surface area contributed by atoms with Gasteiger partial charge in [-0.1, -0.05) is 18.2 Å². The van der Waals surface area contributed by atoms with Gasteiger partial charge in [-0.2, -0.15) is 4.31 Å². The summed E-state index contributed by atoms with van der Waals surface area (Å²) in [7, 11) is -3.98. The summed E-state index contributed by atoms with van der Waals surface area (Å²) >= 11 is 1.50. The Morgan fingerprint density at radius 2 is 1.81 bits per heavy atom. The van der Waals surface area contributed by atoms with Gasteiger partial charge in [-0.05, 0) is 17.5 Å². The zero-order chi connectivity index (χ0) is 18.7. The van der Waals surface area contributed by atoms with E-state index in [0.717, 1.165) is 4.88 Å². The van der Waals surface area contributed by atoms with Crippen molar-refractivity contribution in [3.8, 4) is 0 Å². The maximum Gasteiger partial charge on any atom is 0.289 e. The summed E-state index contributed by atoms with van der Waals surface area (Å²) in [6, 6.07) is 9.07. The van der Waals surface area contributed by atoms with E-state index in [1.54, 1.807) is 4.90 Å². The third-order valence-electron chi connectivity index (χ3n) is 4.18. The lowest BCUT2D eigenvalue weighted by atomic mass is 10.3. The van der Waals surface area contributed by atoms with Crippen LogP contribution in [0.5, 0.6) is 0 Å². The molecule has 0 bridgehead atoms. The molecule has 1 aliphatic rings. The molecule has 26 heavy (non-hydrogen) atoms. The molecule has 1 fully saturated rings. The Balaban J connectivity index is 1.69. The number of hydrogen-bond acceptors (Lipinski definition) is 6. The van der Waals surface area contributed by atoms with Crippen molar-refractivity contribution in [3.63, 3.8) is 0 Å². The van der Waals surface area contributed by atoms with Gasteiger partial charge in [-0.25, -0.2) is 8.42 Å². The summed E-state index contributed by atoms with van der Waals surface area (Å²) in [5.74, 6) is -0.0461. The Bertz CT molecular complexity index is 904. The Hall–Kier alpha value is -2.30. The summed E-state index contributed by atoms with van der Waals surface area (Å²) in [5, 5.41) is 13.0. The van der Waals surface area contributed by atoms with Crippen molar-refractivity contribution in [3.05, 3.63) is 56.8 Å². The highest BCUT2D eigenvalue weighted by Crippen LogP contribution is 2.27. The van der Waals surface area contributed by atoms with Crippen LogP contribution in [-0.2, 0) is 21.2 Å². The number of sulfonamides is 1. The summed E-state index contributed by atoms with van der Waals surface area (Å²) in [6.07, 6.45) is 0.300. The monoisotopic (exact) mass is 395 g/mol. The molecule has 0 N–H and O–H groups in total. The van der Waals surface area contributed by atoms with E-state index in [1.165, 1.54) is 39.9 Å². The first-order valence-corrected chi connectivity index (χ1v) is 10.3. The van der Waals surface area contributed by atoms with Crippen molar-refractivity contribution in [2.75, 3.05) is 26.2 Å². The second-order valence-corrected chi connectivity index (χ2v) is 8.70. The minimum atomic E-state index is -3.98. The van der Waals surface area contributed by atoms with Gasteiger partial charge in [0.05, 0.1) is 11.3 Å². The average molecular weight is 395 g/mol. The molecule has 8 nitrogen and oxygen atoms in total. The number of benzene rings is 1. The van der Waals surface area contributed by atoms with E-state index in [2.05, 4.69) is 0 Å². The summed E-state index contributed by atoms with van der Waals surface area (Å²) in [5.41, 5.74) is -0.441. The molecule has 1 aliphatic heterocycles. The smallest absolute Gasteiger partial charge is 0.289 e. The number of thiophene rings is 1. The molecule has 0 spiro atoms. The molecule has 0 radical (unpaired) electrons. The van der Waals surface area contributed by atoms with Crippen LogP contribution < -0.4 is 0 Å². The van der Waals surface area contributed by atoms with Crippen LogP contribution >= 0.6 is 11.3 Å². The van der Waals surface area contributed by atoms with Crippen molar-refractivity contribution in [1.29, 1.82) is 0 Å². The van der Waals surface area contributed by atoms with Gasteiger partial charge in [0.25, 0.3) is 5.69 Å². The van der Waals surface area contributed by atoms with Crippen LogP contribution in [0.2, 0.25) is 0 Å². The van der Waals surface area contributed by atoms with Gasteiger partial charge < -0.3 is 4.90 Å². The molecule has 1 aromatic carbocycles. The fourth-order valence-corrected chi connectivity index (χ4v) is 5.09. The Kier molecular flexibility index (Phi) is 5.35. The molecule has 138 valence electrons. The third kappa shape index (κ3) is 3.76. The highest BCUT2D eigenvalue weighted by Gasteiger charge is 2.34. The fourth-order valence-electron chi connectivity index (χ4n) is 2.82. The van der Waals surface area contributed by atoms with E-state index in [-0.39, 0.29) is 37.0 Å². The molecule has 2 heterocycles. The van der Waals surface area contributed by atoms with Gasteiger partial charge in [0.1, 0.15) is 0 Å². The van der Waals surface area contributed by atoms with E-state index in [9.17, 15) is 23.3 Å². The van der Waals surface area contributed by atoms with Crippen molar-refractivity contribution >= 4 is 33.0 Å². The highest BCUT2D eigenvalue weighted by atomic mass is 32.2. The van der Waals surface area contributed by atoms with Gasteiger partial charge in [-0.15, -0.1) is 11.3 Å². The number of piperazine rings is 1. The molecular weight excluding hydrogens is 378 g/mol. The van der Waals surface area contributed by atoms with E-state index in [1.807, 2.05) is 17.5 Å². The predicted molar refractivity (Wildman–Crippen MR) is 96.5 cm³/mol. The number of hydrogen-bond donors (Lipinski definition) is 0. The minimum Gasteiger partial charge on any atom is -0.340 e. The number of nitro groups is 1. The molecule has 1 aromatic heterocycles. The van der Waals surface area contributed by atoms with Gasteiger partial charge in [-0.3, -0.25) is 14.9 Å². The van der Waals surface area contributed by atoms with Crippen LogP contribution in [0.3, 0.4) is 0 Å². The fraction of sp³-hybridized carbons (Fsp3) is 0.312. The second kappa shape index (κ2) is 7.52. The molecule has 0 saturated carbocycles. The average Bonchev–Trinajstić information content (AvgIpc) is 3.14. The lowest BCUT2D eigenvalue weighted by Gasteiger charge is -2.33. The lowest BCUT2D eigenvalue weighted by Crippen LogP contribution is -2.50. The topological polar surface area (TPSA) is 101 Å². The number of nitro benzene ring substituents is 1. The molecule has 10 heteroatoms. The molecule has 1 saturated heterocycles. The number of rotatable bonds is 5. The normalized spacial score (nSPS) is 15.8. The first kappa shape index (κ1) is 18.5. The molecular formula is C16H17N3O5S2. The largest absolute Gasteiger partial charge is 0.340 e. The molecule has 0 unspecified atom stereocenters. The number of carbonyl (C=O) groups excluding carboxylic acids is 1. The van der Waals surface area contributed by atoms with Crippen molar-refractivity contribution in [1.82, 2.24) is 9.21 Å². The number of para-hydroxylation sites is 1. The maximum absolute atomic E-state index is 12.8. The van der Waals surface area contributed by atoms with Crippen LogP contribution in [0.25, 0.3) is 0 Å². The standard InChI is InChI=1S/C16H17N3O5S2/c20-16(12-13-4-3-11-25-13)17-7-9-18(10-8-17)26(23,24)15-6-2-1-5-14(15)19(21)22/h1-6,11H,7-10,12H2. The van der Waals surface area contributed by atoms with Crippen LogP contribution in [0.1, 0.15) is 4.88 Å². The maximum atomic E-state index is 12.8. The van der Waals surface area contributed by atoms with E-state index in [0.29, 0.717) is 6.42 Å². The Morgan fingerprint density at radius 3 is 2.42 bits per heavy atom. The first-order valence-electron chi connectivity index (χ1n) is 7.93. The van der Waals surface area contributed by atoms with E-state index in [4.69, 9.17) is 0 Å². The van der Waals surface area contributed by atoms with E-state index >= 15 is 0 Å². The predicted octanol–water partition coefficient (Wildman–Crippen LogP) is 1.73. The van der Waals surface area contributed by atoms with Crippen molar-refractivity contribution in [2.24, 2.45) is 0 Å². The van der Waals surface area contributed by atoms with Crippen molar-refractivity contribution in [2.45, 2.75) is 11.3 Å². The van der Waals surface area contributed by atoms with Crippen LogP contribution in [0, 0.1) is 10.1 Å². The first-order chi connectivity index (χ1) is 12.4. The van der Waals surface area contributed by atoms with Crippen LogP contribution in [-0.4, -0.2) is 54.6 Å². The van der Waals surface area contributed by atoms with Gasteiger partial charge in [0, 0.05) is 37.1 Å². The molecule has 3 rings (SSSR count). The summed E-state index contributed by atoms with van der Waals surface area (Å²) in [6.45, 7) is 0.767. The molecule has 0 atom stereocenters. The number of nitrogens with zero attached hydrogens (tertiary/aromatic N) is 3. The molecule has 0 aliphatic carbocycles. The van der Waals surface area contributed by atoms with Crippen LogP contribution in [0.15, 0.2) is 46.7 Å². The summed E-state index contributed by atoms with van der Waals surface area (Å²) in [4.78, 5) is 25.0. The highest BCUT2D eigenvalue weighted by molar-refractivity contribution is 7.89. The molecule has 1 amide bonds. The van der Waals surface area contributed by atoms with Gasteiger partial charge >= 0.3 is 0 Å². The lowest BCUT2D eigenvalue weighted by molar-refractivity contribution is -0.387. The quantitative estimate of drug-likeness (QED) is 0.567. The Labute approximate surface area is 154 Å². The number of carbonyl (C=O) groups is 1. The van der Waals surface area contributed by atoms with Crippen molar-refractivity contribution < 1.29 is 18.1 Å². The van der Waals surface area contributed by atoms with Gasteiger partial charge in [0.2, 0.25) is 15.9 Å². The SMILES string of the molecule is O=C(Cc1cccs1)N1CCN(S(=O)(=O)c2ccccc2[N+](=O)[O-])CC1. The minimum absolute atomic E-state index is 0.0461. The van der Waals surface area contributed by atoms with Crippen LogP contribution in [0.4, 0.5) is 5.69 Å². The Morgan fingerprint density at radius 1 is 1.12 bits per heavy atom. The third-order valence-corrected chi connectivity index (χ3v) is 7.00. The number of amides is 1. The van der Waals surface area contributed by atoms with Gasteiger partial charge in [0.15, 0.2) is 4.90 Å². The zero-order valence-corrected chi connectivity index (χ0v) is 15.4. The zero-order valence-electron chi connectivity index (χ0n) is 13.8. The second-order valence-electron chi connectivity index (χ2n) is 5.77.